The van der Waals surface area contributed by atoms with Gasteiger partial charge in [0.1, 0.15) is 17.4 Å². The Labute approximate surface area is 147 Å². The molecule has 2 N–H and O–H groups in total. The highest BCUT2D eigenvalue weighted by Crippen LogP contribution is 2.37. The van der Waals surface area contributed by atoms with Crippen LogP contribution in [-0.4, -0.2) is 34.1 Å². The van der Waals surface area contributed by atoms with Crippen LogP contribution in [0.2, 0.25) is 0 Å². The Balaban J connectivity index is 1.43. The van der Waals surface area contributed by atoms with Crippen LogP contribution in [-0.2, 0) is 6.18 Å². The first-order valence-electron chi connectivity index (χ1n) is 8.30. The third-order valence-corrected chi connectivity index (χ3v) is 4.43. The quantitative estimate of drug-likeness (QED) is 0.776. The topological polar surface area (TPSA) is 68.2 Å². The highest BCUT2D eigenvalue weighted by Gasteiger charge is 2.35. The molecule has 0 unspecified atom stereocenters. The predicted molar refractivity (Wildman–Crippen MR) is 87.8 cm³/mol. The molecule has 136 valence electrons. The van der Waals surface area contributed by atoms with Gasteiger partial charge in [0.2, 0.25) is 0 Å². The number of piperidine rings is 1. The van der Waals surface area contributed by atoms with E-state index in [0.717, 1.165) is 11.6 Å². The van der Waals surface area contributed by atoms with Gasteiger partial charge in [-0.05, 0) is 17.1 Å². The summed E-state index contributed by atoms with van der Waals surface area (Å²) in [6.07, 6.45) is -0.0837. The normalized spacial score (nSPS) is 16.2. The Kier molecular flexibility index (Phi) is 4.14. The van der Waals surface area contributed by atoms with E-state index >= 15 is 0 Å². The molecule has 0 amide bonds. The van der Waals surface area contributed by atoms with E-state index in [1.807, 2.05) is 4.90 Å². The minimum atomic E-state index is -4.42. The predicted octanol–water partition coefficient (Wildman–Crippen LogP) is 2.84. The monoisotopic (exact) mass is 364 g/mol. The number of nitrogens with one attached hydrogen (secondary N) is 2. The van der Waals surface area contributed by atoms with Gasteiger partial charge in [0, 0.05) is 12.8 Å². The highest BCUT2D eigenvalue weighted by molar-refractivity contribution is 5.68. The van der Waals surface area contributed by atoms with Crippen LogP contribution < -0.4 is 14.6 Å². The zero-order valence-electron chi connectivity index (χ0n) is 13.8. The fourth-order valence-corrected chi connectivity index (χ4v) is 3.09. The molecule has 0 spiro atoms. The van der Waals surface area contributed by atoms with Crippen LogP contribution in [0.4, 0.5) is 19.1 Å². The Morgan fingerprint density at radius 2 is 1.96 bits per heavy atom. The SMILES string of the molecule is FC(F)(F)c1ccccc1OC1CCN(c2nc3nc[nH]c3c[nH+]2)CC1. The summed E-state index contributed by atoms with van der Waals surface area (Å²) in [5.74, 6) is 0.583. The van der Waals surface area contributed by atoms with Gasteiger partial charge in [-0.2, -0.15) is 13.2 Å². The van der Waals surface area contributed by atoms with Crippen molar-refractivity contribution in [3.63, 3.8) is 0 Å². The van der Waals surface area contributed by atoms with Crippen molar-refractivity contribution in [3.05, 3.63) is 42.4 Å². The molecule has 9 heteroatoms. The van der Waals surface area contributed by atoms with Gasteiger partial charge in [-0.3, -0.25) is 4.90 Å². The maximum absolute atomic E-state index is 13.1. The van der Waals surface area contributed by atoms with Gasteiger partial charge in [0.05, 0.1) is 31.2 Å². The lowest BCUT2D eigenvalue weighted by Crippen LogP contribution is -2.41. The second-order valence-corrected chi connectivity index (χ2v) is 6.16. The summed E-state index contributed by atoms with van der Waals surface area (Å²) in [6.45, 7) is 1.27. The van der Waals surface area contributed by atoms with Crippen molar-refractivity contribution in [1.29, 1.82) is 0 Å². The molecule has 1 saturated heterocycles. The second kappa shape index (κ2) is 6.47. The molecule has 6 nitrogen and oxygen atoms in total. The standard InChI is InChI=1S/C17H16F3N5O/c18-17(19,20)12-3-1-2-4-14(12)26-11-5-7-25(8-6-11)16-21-9-13-15(24-16)23-10-22-13/h1-4,9-11H,5-8H2,(H,21,22,23,24)/p+1. The number of nitrogens with zero attached hydrogens (tertiary/aromatic N) is 3. The van der Waals surface area contributed by atoms with Gasteiger partial charge in [0.15, 0.2) is 0 Å². The van der Waals surface area contributed by atoms with Gasteiger partial charge in [-0.25, -0.2) is 9.97 Å². The summed E-state index contributed by atoms with van der Waals surface area (Å²) < 4.78 is 44.9. The largest absolute Gasteiger partial charge is 0.490 e. The number of hydrogen-bond acceptors (Lipinski definition) is 4. The van der Waals surface area contributed by atoms with Crippen molar-refractivity contribution in [1.82, 2.24) is 15.0 Å². The van der Waals surface area contributed by atoms with Gasteiger partial charge >= 0.3 is 12.1 Å². The van der Waals surface area contributed by atoms with E-state index < -0.39 is 11.7 Å². The minimum absolute atomic E-state index is 0.110. The maximum atomic E-state index is 13.1. The number of alkyl halides is 3. The number of ether oxygens (including phenoxy) is 1. The van der Waals surface area contributed by atoms with Crippen LogP contribution >= 0.6 is 0 Å². The molecule has 0 saturated carbocycles. The average molecular weight is 364 g/mol. The van der Waals surface area contributed by atoms with Gasteiger partial charge in [-0.15, -0.1) is 0 Å². The molecule has 3 heterocycles. The molecule has 1 aliphatic heterocycles. The zero-order chi connectivity index (χ0) is 18.1. The number of anilines is 1. The number of aromatic nitrogens is 4. The Morgan fingerprint density at radius 1 is 1.19 bits per heavy atom. The van der Waals surface area contributed by atoms with E-state index in [-0.39, 0.29) is 11.9 Å². The van der Waals surface area contributed by atoms with E-state index in [1.54, 1.807) is 18.6 Å². The first kappa shape index (κ1) is 16.6. The molecular formula is C17H17F3N5O+. The van der Waals surface area contributed by atoms with Crippen LogP contribution in [0.25, 0.3) is 11.2 Å². The molecule has 1 fully saturated rings. The molecule has 26 heavy (non-hydrogen) atoms. The van der Waals surface area contributed by atoms with Gasteiger partial charge < -0.3 is 9.72 Å². The van der Waals surface area contributed by atoms with Gasteiger partial charge in [0.25, 0.3) is 5.65 Å². The van der Waals surface area contributed by atoms with Crippen molar-refractivity contribution in [2.45, 2.75) is 25.1 Å². The van der Waals surface area contributed by atoms with Crippen LogP contribution in [0.5, 0.6) is 5.75 Å². The van der Waals surface area contributed by atoms with E-state index in [9.17, 15) is 13.2 Å². The lowest BCUT2D eigenvalue weighted by Gasteiger charge is -2.28. The smallest absolute Gasteiger partial charge is 0.419 e. The summed E-state index contributed by atoms with van der Waals surface area (Å²) in [4.78, 5) is 16.7. The molecule has 1 aromatic carbocycles. The van der Waals surface area contributed by atoms with E-state index in [2.05, 4.69) is 19.9 Å². The minimum Gasteiger partial charge on any atom is -0.490 e. The Hall–Kier alpha value is -2.84. The molecule has 1 aliphatic rings. The van der Waals surface area contributed by atoms with Crippen LogP contribution in [0.15, 0.2) is 36.8 Å². The van der Waals surface area contributed by atoms with Crippen LogP contribution in [0.3, 0.4) is 0 Å². The van der Waals surface area contributed by atoms with Crippen LogP contribution in [0, 0.1) is 0 Å². The summed E-state index contributed by atoms with van der Waals surface area (Å²) in [5.41, 5.74) is 0.702. The summed E-state index contributed by atoms with van der Waals surface area (Å²) in [5, 5.41) is 0. The fraction of sp³-hybridized carbons (Fsp3) is 0.353. The van der Waals surface area contributed by atoms with E-state index in [4.69, 9.17) is 4.74 Å². The van der Waals surface area contributed by atoms with Crippen molar-refractivity contribution in [2.24, 2.45) is 0 Å². The number of halogens is 3. The number of imidazole rings is 1. The highest BCUT2D eigenvalue weighted by atomic mass is 19.4. The van der Waals surface area contributed by atoms with Crippen molar-refractivity contribution >= 4 is 17.1 Å². The van der Waals surface area contributed by atoms with Crippen LogP contribution in [0.1, 0.15) is 18.4 Å². The lowest BCUT2D eigenvalue weighted by atomic mass is 10.1. The molecular weight excluding hydrogens is 347 g/mol. The molecule has 0 radical (unpaired) electrons. The average Bonchev–Trinajstić information content (AvgIpc) is 3.10. The molecule has 0 atom stereocenters. The summed E-state index contributed by atoms with van der Waals surface area (Å²) in [6, 6.07) is 5.33. The first-order chi connectivity index (χ1) is 12.5. The van der Waals surface area contributed by atoms with Crippen molar-refractivity contribution in [2.75, 3.05) is 18.0 Å². The fourth-order valence-electron chi connectivity index (χ4n) is 3.09. The molecule has 2 aromatic heterocycles. The first-order valence-corrected chi connectivity index (χ1v) is 8.30. The summed E-state index contributed by atoms with van der Waals surface area (Å²) in [7, 11) is 0. The Bertz CT molecular complexity index is 903. The molecule has 0 aliphatic carbocycles. The number of rotatable bonds is 3. The number of aromatic amines is 2. The third-order valence-electron chi connectivity index (χ3n) is 4.43. The third kappa shape index (κ3) is 3.29. The van der Waals surface area contributed by atoms with E-state index in [1.165, 1.54) is 12.1 Å². The molecule has 4 rings (SSSR count). The number of fused-ring (bicyclic) bond motifs is 1. The summed E-state index contributed by atoms with van der Waals surface area (Å²) >= 11 is 0. The number of hydrogen-bond donors (Lipinski definition) is 1. The van der Waals surface area contributed by atoms with E-state index in [0.29, 0.717) is 37.5 Å². The molecule has 0 bridgehead atoms. The van der Waals surface area contributed by atoms with Gasteiger partial charge in [-0.1, -0.05) is 12.1 Å². The maximum Gasteiger partial charge on any atom is 0.419 e. The lowest BCUT2D eigenvalue weighted by molar-refractivity contribution is -0.366. The second-order valence-electron chi connectivity index (χ2n) is 6.16. The number of benzene rings is 1. The molecule has 3 aromatic rings. The number of para-hydroxylation sites is 1. The Morgan fingerprint density at radius 3 is 2.73 bits per heavy atom. The van der Waals surface area contributed by atoms with Crippen molar-refractivity contribution < 1.29 is 22.9 Å². The number of H-pyrrole nitrogens is 2. The van der Waals surface area contributed by atoms with Crippen molar-refractivity contribution in [3.8, 4) is 5.75 Å². The zero-order valence-corrected chi connectivity index (χ0v) is 13.8.